The van der Waals surface area contributed by atoms with E-state index in [1.165, 1.54) is 35.3 Å². The van der Waals surface area contributed by atoms with Gasteiger partial charge in [-0.25, -0.2) is 0 Å². The molecular weight excluding hydrogens is 340 g/mol. The molecule has 1 unspecified atom stereocenters. The van der Waals surface area contributed by atoms with Gasteiger partial charge in [-0.05, 0) is 41.8 Å². The molecule has 1 atom stereocenters. The van der Waals surface area contributed by atoms with E-state index in [9.17, 15) is 0 Å². The van der Waals surface area contributed by atoms with E-state index in [-0.39, 0.29) is 4.83 Å². The Hall–Kier alpha value is -0.310. The first-order chi connectivity index (χ1) is 9.13. The minimum Gasteiger partial charge on any atom is -0.145 e. The van der Waals surface area contributed by atoms with Gasteiger partial charge in [0.05, 0.1) is 9.85 Å². The molecule has 2 aromatic rings. The van der Waals surface area contributed by atoms with Crippen LogP contribution >= 0.6 is 38.9 Å². The van der Waals surface area contributed by atoms with Gasteiger partial charge in [0.2, 0.25) is 0 Å². The van der Waals surface area contributed by atoms with Crippen LogP contribution in [0.1, 0.15) is 46.2 Å². The molecule has 0 saturated heterocycles. The fraction of sp³-hybridized carbons (Fsp3) is 0.375. The minimum atomic E-state index is 0.193. The Kier molecular flexibility index (Phi) is 5.49. The van der Waals surface area contributed by atoms with Gasteiger partial charge >= 0.3 is 0 Å². The van der Waals surface area contributed by atoms with Crippen molar-refractivity contribution in [2.45, 2.75) is 37.9 Å². The van der Waals surface area contributed by atoms with Crippen LogP contribution in [0.25, 0.3) is 0 Å². The number of aryl methyl sites for hydroxylation is 2. The predicted molar refractivity (Wildman–Crippen MR) is 89.9 cm³/mol. The van der Waals surface area contributed by atoms with Crippen molar-refractivity contribution >= 4 is 38.9 Å². The number of hydrogen-bond donors (Lipinski definition) is 0. The van der Waals surface area contributed by atoms with Gasteiger partial charge in [-0.15, -0.1) is 11.3 Å². The molecule has 0 spiro atoms. The average molecular weight is 358 g/mol. The van der Waals surface area contributed by atoms with Crippen LogP contribution in [0.2, 0.25) is 5.02 Å². The normalized spacial score (nSPS) is 12.6. The van der Waals surface area contributed by atoms with Gasteiger partial charge < -0.3 is 0 Å². The third kappa shape index (κ3) is 3.62. The van der Waals surface area contributed by atoms with Crippen LogP contribution in [-0.4, -0.2) is 0 Å². The number of benzene rings is 1. The largest absolute Gasteiger partial charge is 0.145 e. The summed E-state index contributed by atoms with van der Waals surface area (Å²) >= 11 is 11.8. The van der Waals surface area contributed by atoms with Crippen LogP contribution in [0.5, 0.6) is 0 Å². The van der Waals surface area contributed by atoms with Gasteiger partial charge in [0.1, 0.15) is 0 Å². The van der Waals surface area contributed by atoms with Crippen molar-refractivity contribution in [1.29, 1.82) is 0 Å². The Bertz CT molecular complexity index is 530. The second kappa shape index (κ2) is 6.92. The van der Waals surface area contributed by atoms with Crippen LogP contribution in [0.4, 0.5) is 0 Å². The van der Waals surface area contributed by atoms with Gasteiger partial charge in [0.25, 0.3) is 0 Å². The Morgan fingerprint density at radius 1 is 1.26 bits per heavy atom. The quantitative estimate of drug-likeness (QED) is 0.533. The average Bonchev–Trinajstić information content (AvgIpc) is 2.76. The number of rotatable bonds is 5. The summed E-state index contributed by atoms with van der Waals surface area (Å²) in [5, 5.41) is 3.00. The van der Waals surface area contributed by atoms with E-state index in [4.69, 9.17) is 11.6 Å². The molecule has 0 nitrogen and oxygen atoms in total. The third-order valence-electron chi connectivity index (χ3n) is 3.25. The monoisotopic (exact) mass is 356 g/mol. The van der Waals surface area contributed by atoms with Crippen LogP contribution < -0.4 is 0 Å². The lowest BCUT2D eigenvalue weighted by Crippen LogP contribution is -1.92. The third-order valence-corrected chi connectivity index (χ3v) is 6.32. The summed E-state index contributed by atoms with van der Waals surface area (Å²) in [6.07, 6.45) is 3.67. The fourth-order valence-electron chi connectivity index (χ4n) is 2.01. The first-order valence-electron chi connectivity index (χ1n) is 6.60. The summed E-state index contributed by atoms with van der Waals surface area (Å²) in [6, 6.07) is 8.87. The topological polar surface area (TPSA) is 0 Å². The van der Waals surface area contributed by atoms with Crippen LogP contribution in [0.15, 0.2) is 29.6 Å². The summed E-state index contributed by atoms with van der Waals surface area (Å²) in [4.78, 5) is 1.39. The lowest BCUT2D eigenvalue weighted by Gasteiger charge is -2.10. The smallest absolute Gasteiger partial charge is 0.0753 e. The lowest BCUT2D eigenvalue weighted by molar-refractivity contribution is 0.795. The highest BCUT2D eigenvalue weighted by Crippen LogP contribution is 2.40. The van der Waals surface area contributed by atoms with E-state index >= 15 is 0 Å². The first-order valence-corrected chi connectivity index (χ1v) is 8.77. The molecule has 1 aromatic heterocycles. The zero-order chi connectivity index (χ0) is 13.8. The van der Waals surface area contributed by atoms with Gasteiger partial charge in [-0.1, -0.05) is 65.1 Å². The SMILES string of the molecule is CCCCc1ccc(C(Br)c2scc(C)c2Cl)cc1. The molecular formula is C16H18BrClS. The molecule has 0 saturated carbocycles. The first kappa shape index (κ1) is 15.1. The molecule has 3 heteroatoms. The lowest BCUT2D eigenvalue weighted by atomic mass is 10.0. The molecule has 1 heterocycles. The van der Waals surface area contributed by atoms with Crippen molar-refractivity contribution in [2.24, 2.45) is 0 Å². The van der Waals surface area contributed by atoms with Crippen LogP contribution in [-0.2, 0) is 6.42 Å². The summed E-state index contributed by atoms with van der Waals surface area (Å²) in [5.41, 5.74) is 3.84. The summed E-state index contributed by atoms with van der Waals surface area (Å²) in [5.74, 6) is 0. The van der Waals surface area contributed by atoms with Crippen molar-refractivity contribution in [3.8, 4) is 0 Å². The van der Waals surface area contributed by atoms with Gasteiger partial charge in [-0.2, -0.15) is 0 Å². The summed E-state index contributed by atoms with van der Waals surface area (Å²) in [6.45, 7) is 4.28. The van der Waals surface area contributed by atoms with Crippen LogP contribution in [0, 0.1) is 6.92 Å². The van der Waals surface area contributed by atoms with E-state index in [1.807, 2.05) is 0 Å². The maximum absolute atomic E-state index is 6.33. The van der Waals surface area contributed by atoms with E-state index in [1.54, 1.807) is 11.3 Å². The molecule has 0 bridgehead atoms. The Labute approximate surface area is 132 Å². The molecule has 0 fully saturated rings. The van der Waals surface area contributed by atoms with Crippen molar-refractivity contribution in [3.63, 3.8) is 0 Å². The highest BCUT2D eigenvalue weighted by Gasteiger charge is 2.16. The number of thiophene rings is 1. The predicted octanol–water partition coefficient (Wildman–Crippen LogP) is 6.54. The van der Waals surface area contributed by atoms with Crippen molar-refractivity contribution in [2.75, 3.05) is 0 Å². The number of alkyl halides is 1. The molecule has 1 aromatic carbocycles. The van der Waals surface area contributed by atoms with Gasteiger partial charge in [0.15, 0.2) is 0 Å². The summed E-state index contributed by atoms with van der Waals surface area (Å²) < 4.78 is 0. The standard InChI is InChI=1S/C16H18BrClS/c1-3-4-5-12-6-8-13(9-7-12)14(17)16-15(18)11(2)10-19-16/h6-10,14H,3-5H2,1-2H3. The number of halogens is 2. The molecule has 0 aliphatic rings. The highest BCUT2D eigenvalue weighted by molar-refractivity contribution is 9.09. The molecule has 0 N–H and O–H groups in total. The van der Waals surface area contributed by atoms with Crippen molar-refractivity contribution < 1.29 is 0 Å². The van der Waals surface area contributed by atoms with E-state index in [0.29, 0.717) is 0 Å². The highest BCUT2D eigenvalue weighted by atomic mass is 79.9. The van der Waals surface area contributed by atoms with Crippen molar-refractivity contribution in [3.05, 3.63) is 56.2 Å². The Morgan fingerprint density at radius 2 is 1.95 bits per heavy atom. The van der Waals surface area contributed by atoms with Crippen molar-refractivity contribution in [1.82, 2.24) is 0 Å². The molecule has 0 aliphatic heterocycles. The maximum Gasteiger partial charge on any atom is 0.0753 e. The molecule has 0 aliphatic carbocycles. The maximum atomic E-state index is 6.33. The van der Waals surface area contributed by atoms with Gasteiger partial charge in [0, 0.05) is 4.88 Å². The second-order valence-corrected chi connectivity index (χ2v) is 7.01. The molecule has 0 amide bonds. The Balaban J connectivity index is 2.15. The Morgan fingerprint density at radius 3 is 2.47 bits per heavy atom. The second-order valence-electron chi connectivity index (χ2n) is 4.80. The van der Waals surface area contributed by atoms with E-state index in [0.717, 1.165) is 10.6 Å². The van der Waals surface area contributed by atoms with E-state index < -0.39 is 0 Å². The van der Waals surface area contributed by atoms with Gasteiger partial charge in [-0.3, -0.25) is 0 Å². The minimum absolute atomic E-state index is 0.193. The molecule has 0 radical (unpaired) electrons. The summed E-state index contributed by atoms with van der Waals surface area (Å²) in [7, 11) is 0. The number of hydrogen-bond acceptors (Lipinski definition) is 1. The molecule has 2 rings (SSSR count). The zero-order valence-electron chi connectivity index (χ0n) is 11.2. The molecule has 19 heavy (non-hydrogen) atoms. The van der Waals surface area contributed by atoms with Crippen LogP contribution in [0.3, 0.4) is 0 Å². The molecule has 102 valence electrons. The zero-order valence-corrected chi connectivity index (χ0v) is 14.4. The fourth-order valence-corrected chi connectivity index (χ4v) is 4.30. The number of unbranched alkanes of at least 4 members (excludes halogenated alkanes) is 1. The van der Waals surface area contributed by atoms with E-state index in [2.05, 4.69) is 59.4 Å².